The molecule has 2 atom stereocenters. The van der Waals surface area contributed by atoms with Gasteiger partial charge in [0.05, 0.1) is 0 Å². The Morgan fingerprint density at radius 2 is 1.72 bits per heavy atom. The SMILES string of the molecule is CCCC(C)NC(=O)C(C)NC(=O)OC(C)(C)C. The van der Waals surface area contributed by atoms with E-state index < -0.39 is 17.7 Å². The largest absolute Gasteiger partial charge is 0.444 e. The van der Waals surface area contributed by atoms with Gasteiger partial charge in [0, 0.05) is 6.04 Å². The van der Waals surface area contributed by atoms with Crippen molar-refractivity contribution in [1.29, 1.82) is 0 Å². The quantitative estimate of drug-likeness (QED) is 0.794. The lowest BCUT2D eigenvalue weighted by atomic mass is 10.2. The average molecular weight is 258 g/mol. The molecule has 0 rings (SSSR count). The van der Waals surface area contributed by atoms with Crippen LogP contribution in [0.15, 0.2) is 0 Å². The van der Waals surface area contributed by atoms with E-state index in [0.29, 0.717) is 0 Å². The maximum Gasteiger partial charge on any atom is 0.408 e. The second-order valence-electron chi connectivity index (χ2n) is 5.57. The highest BCUT2D eigenvalue weighted by Gasteiger charge is 2.21. The van der Waals surface area contributed by atoms with Crippen molar-refractivity contribution in [1.82, 2.24) is 10.6 Å². The van der Waals surface area contributed by atoms with E-state index in [9.17, 15) is 9.59 Å². The van der Waals surface area contributed by atoms with Gasteiger partial charge in [-0.05, 0) is 41.0 Å². The Hall–Kier alpha value is -1.26. The van der Waals surface area contributed by atoms with Gasteiger partial charge in [0.15, 0.2) is 0 Å². The monoisotopic (exact) mass is 258 g/mol. The van der Waals surface area contributed by atoms with Crippen LogP contribution in [0.3, 0.4) is 0 Å². The topological polar surface area (TPSA) is 67.4 Å². The van der Waals surface area contributed by atoms with E-state index in [1.165, 1.54) is 0 Å². The number of hydrogen-bond donors (Lipinski definition) is 2. The first kappa shape index (κ1) is 16.7. The average Bonchev–Trinajstić information content (AvgIpc) is 2.14. The van der Waals surface area contributed by atoms with Crippen LogP contribution in [0.4, 0.5) is 4.79 Å². The zero-order valence-electron chi connectivity index (χ0n) is 12.3. The number of hydrogen-bond acceptors (Lipinski definition) is 3. The predicted molar refractivity (Wildman–Crippen MR) is 71.3 cm³/mol. The third kappa shape index (κ3) is 7.92. The standard InChI is InChI=1S/C13H26N2O3/c1-7-8-9(2)14-11(16)10(3)15-12(17)18-13(4,5)6/h9-10H,7-8H2,1-6H3,(H,14,16)(H,15,17). The number of rotatable bonds is 5. The summed E-state index contributed by atoms with van der Waals surface area (Å²) >= 11 is 0. The first-order valence-electron chi connectivity index (χ1n) is 6.45. The van der Waals surface area contributed by atoms with Crippen LogP contribution < -0.4 is 10.6 Å². The van der Waals surface area contributed by atoms with Crippen LogP contribution in [-0.2, 0) is 9.53 Å². The molecule has 5 nitrogen and oxygen atoms in total. The third-order valence-corrected chi connectivity index (χ3v) is 2.24. The lowest BCUT2D eigenvalue weighted by molar-refractivity contribution is -0.123. The summed E-state index contributed by atoms with van der Waals surface area (Å²) in [4.78, 5) is 23.2. The van der Waals surface area contributed by atoms with Crippen molar-refractivity contribution >= 4 is 12.0 Å². The van der Waals surface area contributed by atoms with Gasteiger partial charge in [0.1, 0.15) is 11.6 Å². The van der Waals surface area contributed by atoms with E-state index in [0.717, 1.165) is 12.8 Å². The van der Waals surface area contributed by atoms with Crippen LogP contribution in [0.2, 0.25) is 0 Å². The Kier molecular flexibility index (Phi) is 6.73. The molecular weight excluding hydrogens is 232 g/mol. The Bertz CT molecular complexity index is 284. The molecule has 0 aromatic heterocycles. The van der Waals surface area contributed by atoms with Crippen molar-refractivity contribution in [2.24, 2.45) is 0 Å². The van der Waals surface area contributed by atoms with E-state index >= 15 is 0 Å². The Morgan fingerprint density at radius 1 is 1.17 bits per heavy atom. The minimum absolute atomic E-state index is 0.116. The van der Waals surface area contributed by atoms with E-state index in [2.05, 4.69) is 17.6 Å². The van der Waals surface area contributed by atoms with Crippen molar-refractivity contribution in [2.45, 2.75) is 72.1 Å². The van der Waals surface area contributed by atoms with Crippen molar-refractivity contribution in [3.63, 3.8) is 0 Å². The molecule has 0 bridgehead atoms. The first-order chi connectivity index (χ1) is 8.15. The van der Waals surface area contributed by atoms with Gasteiger partial charge in [-0.2, -0.15) is 0 Å². The van der Waals surface area contributed by atoms with Crippen LogP contribution in [0.1, 0.15) is 54.4 Å². The minimum atomic E-state index is -0.598. The molecule has 5 heteroatoms. The number of ether oxygens (including phenoxy) is 1. The summed E-state index contributed by atoms with van der Waals surface area (Å²) in [6.07, 6.45) is 1.36. The van der Waals surface area contributed by atoms with E-state index in [1.54, 1.807) is 27.7 Å². The van der Waals surface area contributed by atoms with Crippen molar-refractivity contribution in [3.05, 3.63) is 0 Å². The third-order valence-electron chi connectivity index (χ3n) is 2.24. The molecule has 0 aliphatic carbocycles. The maximum absolute atomic E-state index is 11.7. The summed E-state index contributed by atoms with van der Waals surface area (Å²) in [6.45, 7) is 11.0. The molecule has 106 valence electrons. The molecule has 2 N–H and O–H groups in total. The molecule has 0 aromatic carbocycles. The van der Waals surface area contributed by atoms with Gasteiger partial charge in [-0.1, -0.05) is 13.3 Å². The summed E-state index contributed by atoms with van der Waals surface area (Å²) in [5.41, 5.74) is -0.560. The van der Waals surface area contributed by atoms with Gasteiger partial charge in [0.25, 0.3) is 0 Å². The van der Waals surface area contributed by atoms with Crippen molar-refractivity contribution in [2.75, 3.05) is 0 Å². The molecule has 0 saturated carbocycles. The highest BCUT2D eigenvalue weighted by atomic mass is 16.6. The van der Waals surface area contributed by atoms with Gasteiger partial charge < -0.3 is 15.4 Å². The van der Waals surface area contributed by atoms with Gasteiger partial charge in [-0.25, -0.2) is 4.79 Å². The van der Waals surface area contributed by atoms with Gasteiger partial charge >= 0.3 is 6.09 Å². The fraction of sp³-hybridized carbons (Fsp3) is 0.846. The maximum atomic E-state index is 11.7. The normalized spacial score (nSPS) is 14.6. The molecule has 0 aliphatic rings. The number of alkyl carbamates (subject to hydrolysis) is 1. The molecule has 0 heterocycles. The first-order valence-corrected chi connectivity index (χ1v) is 6.45. The van der Waals surface area contributed by atoms with E-state index in [-0.39, 0.29) is 11.9 Å². The molecule has 0 fully saturated rings. The summed E-state index contributed by atoms with van der Waals surface area (Å²) < 4.78 is 5.08. The van der Waals surface area contributed by atoms with Crippen LogP contribution in [-0.4, -0.2) is 29.7 Å². The van der Waals surface area contributed by atoms with E-state index in [1.807, 2.05) is 6.92 Å². The zero-order chi connectivity index (χ0) is 14.3. The molecule has 18 heavy (non-hydrogen) atoms. The molecule has 2 unspecified atom stereocenters. The lowest BCUT2D eigenvalue weighted by Crippen LogP contribution is -2.48. The summed E-state index contributed by atoms with van der Waals surface area (Å²) in [7, 11) is 0. The summed E-state index contributed by atoms with van der Waals surface area (Å²) in [5, 5.41) is 5.35. The predicted octanol–water partition coefficient (Wildman–Crippen LogP) is 2.20. The van der Waals surface area contributed by atoms with Crippen LogP contribution >= 0.6 is 0 Å². The van der Waals surface area contributed by atoms with Gasteiger partial charge in [0.2, 0.25) is 5.91 Å². The second-order valence-corrected chi connectivity index (χ2v) is 5.57. The highest BCUT2D eigenvalue weighted by Crippen LogP contribution is 2.06. The fourth-order valence-corrected chi connectivity index (χ4v) is 1.42. The second kappa shape index (κ2) is 7.24. The Labute approximate surface area is 110 Å². The fourth-order valence-electron chi connectivity index (χ4n) is 1.42. The number of nitrogens with one attached hydrogen (secondary N) is 2. The molecule has 2 amide bonds. The summed E-state index contributed by atoms with van der Waals surface area (Å²) in [5.74, 6) is -0.193. The number of carbonyl (C=O) groups excluding carboxylic acids is 2. The molecule has 0 aromatic rings. The lowest BCUT2D eigenvalue weighted by Gasteiger charge is -2.22. The Balaban J connectivity index is 4.12. The molecule has 0 saturated heterocycles. The smallest absolute Gasteiger partial charge is 0.408 e. The molecule has 0 spiro atoms. The van der Waals surface area contributed by atoms with Gasteiger partial charge in [-0.3, -0.25) is 4.79 Å². The molecule has 0 aliphatic heterocycles. The van der Waals surface area contributed by atoms with Gasteiger partial charge in [-0.15, -0.1) is 0 Å². The summed E-state index contributed by atoms with van der Waals surface area (Å²) in [6, 6.07) is -0.482. The number of carbonyl (C=O) groups is 2. The Morgan fingerprint density at radius 3 is 2.17 bits per heavy atom. The van der Waals surface area contributed by atoms with E-state index in [4.69, 9.17) is 4.74 Å². The molecular formula is C13H26N2O3. The number of amides is 2. The van der Waals surface area contributed by atoms with Crippen LogP contribution in [0.25, 0.3) is 0 Å². The minimum Gasteiger partial charge on any atom is -0.444 e. The van der Waals surface area contributed by atoms with Crippen LogP contribution in [0, 0.1) is 0 Å². The van der Waals surface area contributed by atoms with Crippen LogP contribution in [0.5, 0.6) is 0 Å². The zero-order valence-corrected chi connectivity index (χ0v) is 12.3. The molecule has 0 radical (unpaired) electrons. The van der Waals surface area contributed by atoms with Crippen molar-refractivity contribution in [3.8, 4) is 0 Å². The highest BCUT2D eigenvalue weighted by molar-refractivity contribution is 5.85. The van der Waals surface area contributed by atoms with Crippen molar-refractivity contribution < 1.29 is 14.3 Å².